The first-order valence-corrected chi connectivity index (χ1v) is 7.53. The molecule has 0 saturated carbocycles. The molecule has 1 aliphatic rings. The van der Waals surface area contributed by atoms with E-state index in [1.807, 2.05) is 30.0 Å². The van der Waals surface area contributed by atoms with E-state index in [1.165, 1.54) is 0 Å². The number of fused-ring (bicyclic) bond motifs is 1. The number of carbonyl (C=O) groups is 1. The molecule has 0 amide bonds. The number of aromatic nitrogens is 1. The lowest BCUT2D eigenvalue weighted by Crippen LogP contribution is -2.55. The van der Waals surface area contributed by atoms with Gasteiger partial charge in [0.25, 0.3) is 0 Å². The molecule has 3 rings (SSSR count). The maximum absolute atomic E-state index is 11.4. The highest BCUT2D eigenvalue weighted by molar-refractivity contribution is 7.18. The van der Waals surface area contributed by atoms with Gasteiger partial charge in [-0.15, -0.1) is 11.3 Å². The number of carboxylic acid groups (broad SMARTS) is 1. The van der Waals surface area contributed by atoms with Crippen molar-refractivity contribution in [3.05, 3.63) is 29.3 Å². The molecule has 2 heterocycles. The Morgan fingerprint density at radius 1 is 1.55 bits per heavy atom. The molecule has 1 aromatic carbocycles. The lowest BCUT2D eigenvalue weighted by molar-refractivity contribution is -0.145. The Balaban J connectivity index is 1.89. The number of aliphatic carboxylic acids is 1. The van der Waals surface area contributed by atoms with Crippen molar-refractivity contribution in [3.63, 3.8) is 0 Å². The third-order valence-corrected chi connectivity index (χ3v) is 4.94. The van der Waals surface area contributed by atoms with Gasteiger partial charge in [0.1, 0.15) is 11.0 Å². The van der Waals surface area contributed by atoms with Crippen LogP contribution >= 0.6 is 11.3 Å². The van der Waals surface area contributed by atoms with E-state index in [1.54, 1.807) is 11.3 Å². The van der Waals surface area contributed by atoms with E-state index in [4.69, 9.17) is 0 Å². The highest BCUT2D eigenvalue weighted by Gasteiger charge is 2.33. The van der Waals surface area contributed by atoms with Crippen molar-refractivity contribution in [1.29, 1.82) is 0 Å². The zero-order chi connectivity index (χ0) is 14.1. The summed E-state index contributed by atoms with van der Waals surface area (Å²) in [6.07, 6.45) is 0. The molecule has 106 valence electrons. The lowest BCUT2D eigenvalue weighted by atomic mass is 10.1. The highest BCUT2D eigenvalue weighted by atomic mass is 32.1. The van der Waals surface area contributed by atoms with E-state index in [0.717, 1.165) is 28.3 Å². The van der Waals surface area contributed by atoms with Crippen molar-refractivity contribution in [2.24, 2.45) is 0 Å². The number of hydrogen-bond donors (Lipinski definition) is 2. The molecular weight excluding hydrogens is 274 g/mol. The number of thiazole rings is 1. The maximum Gasteiger partial charge on any atom is 0.322 e. The number of nitrogens with zero attached hydrogens (tertiary/aromatic N) is 2. The van der Waals surface area contributed by atoms with Gasteiger partial charge >= 0.3 is 5.97 Å². The van der Waals surface area contributed by atoms with Crippen LogP contribution in [-0.2, 0) is 4.79 Å². The first-order chi connectivity index (χ1) is 9.66. The van der Waals surface area contributed by atoms with Crippen LogP contribution in [0.5, 0.6) is 0 Å². The first kappa shape index (κ1) is 13.5. The fourth-order valence-electron chi connectivity index (χ4n) is 2.62. The molecule has 0 aliphatic carbocycles. The second-order valence-corrected chi connectivity index (χ2v) is 6.05. The van der Waals surface area contributed by atoms with Crippen molar-refractivity contribution in [3.8, 4) is 0 Å². The first-order valence-electron chi connectivity index (χ1n) is 6.71. The number of hydrogen-bond acceptors (Lipinski definition) is 5. The Kier molecular flexibility index (Phi) is 3.69. The van der Waals surface area contributed by atoms with Crippen LogP contribution in [0.2, 0.25) is 0 Å². The molecule has 2 aromatic rings. The average Bonchev–Trinajstić information content (AvgIpc) is 2.90. The molecule has 2 N–H and O–H groups in total. The summed E-state index contributed by atoms with van der Waals surface area (Å²) in [5.74, 6) is -0.773. The summed E-state index contributed by atoms with van der Waals surface area (Å²) in [6.45, 7) is 4.08. The van der Waals surface area contributed by atoms with Gasteiger partial charge in [-0.25, -0.2) is 4.98 Å². The standard InChI is InChI=1S/C14H17N3O2S/c1-9(17-7-6-15-8-11(17)14(18)19)13-16-10-4-2-3-5-12(10)20-13/h2-5,9,11,15H,6-8H2,1H3,(H,18,19). The van der Waals surface area contributed by atoms with Crippen molar-refractivity contribution in [2.45, 2.75) is 19.0 Å². The largest absolute Gasteiger partial charge is 0.480 e. The molecule has 0 bridgehead atoms. The Morgan fingerprint density at radius 3 is 3.10 bits per heavy atom. The van der Waals surface area contributed by atoms with Crippen LogP contribution in [0, 0.1) is 0 Å². The molecule has 0 spiro atoms. The number of nitrogens with one attached hydrogen (secondary N) is 1. The summed E-state index contributed by atoms with van der Waals surface area (Å²) in [4.78, 5) is 18.0. The topological polar surface area (TPSA) is 65.5 Å². The smallest absolute Gasteiger partial charge is 0.322 e. The predicted molar refractivity (Wildman–Crippen MR) is 79.0 cm³/mol. The van der Waals surface area contributed by atoms with E-state index in [2.05, 4.69) is 16.4 Å². The molecule has 6 heteroatoms. The van der Waals surface area contributed by atoms with Gasteiger partial charge in [0, 0.05) is 19.6 Å². The van der Waals surface area contributed by atoms with Crippen molar-refractivity contribution >= 4 is 27.5 Å². The monoisotopic (exact) mass is 291 g/mol. The van der Waals surface area contributed by atoms with Crippen LogP contribution in [-0.4, -0.2) is 46.6 Å². The third-order valence-electron chi connectivity index (χ3n) is 3.74. The third kappa shape index (κ3) is 2.42. The molecular formula is C14H17N3O2S. The number of para-hydroxylation sites is 1. The molecule has 2 unspecified atom stereocenters. The molecule has 0 radical (unpaired) electrons. The molecule has 1 saturated heterocycles. The number of carboxylic acids is 1. The normalized spacial score (nSPS) is 21.9. The maximum atomic E-state index is 11.4. The second-order valence-electron chi connectivity index (χ2n) is 4.99. The molecule has 20 heavy (non-hydrogen) atoms. The van der Waals surface area contributed by atoms with Crippen LogP contribution in [0.4, 0.5) is 0 Å². The van der Waals surface area contributed by atoms with Gasteiger partial charge in [0.15, 0.2) is 0 Å². The fourth-order valence-corrected chi connectivity index (χ4v) is 3.66. The Morgan fingerprint density at radius 2 is 2.35 bits per heavy atom. The highest BCUT2D eigenvalue weighted by Crippen LogP contribution is 2.30. The predicted octanol–water partition coefficient (Wildman–Crippen LogP) is 1.72. The molecule has 2 atom stereocenters. The zero-order valence-corrected chi connectivity index (χ0v) is 12.1. The van der Waals surface area contributed by atoms with Crippen LogP contribution in [0.3, 0.4) is 0 Å². The summed E-state index contributed by atoms with van der Waals surface area (Å²) in [6, 6.07) is 7.56. The van der Waals surface area contributed by atoms with Crippen molar-refractivity contribution in [2.75, 3.05) is 19.6 Å². The minimum atomic E-state index is -0.773. The molecule has 1 aromatic heterocycles. The van der Waals surface area contributed by atoms with Crippen LogP contribution in [0.25, 0.3) is 10.2 Å². The SMILES string of the molecule is CC(c1nc2ccccc2s1)N1CCNCC1C(=O)O. The Bertz CT molecular complexity index is 595. The summed E-state index contributed by atoms with van der Waals surface area (Å²) in [5.41, 5.74) is 0.987. The Hall–Kier alpha value is -1.50. The average molecular weight is 291 g/mol. The van der Waals surface area contributed by atoms with E-state index in [9.17, 15) is 9.90 Å². The second kappa shape index (κ2) is 5.47. The van der Waals surface area contributed by atoms with Gasteiger partial charge in [0.2, 0.25) is 0 Å². The van der Waals surface area contributed by atoms with Gasteiger partial charge in [-0.05, 0) is 19.1 Å². The van der Waals surface area contributed by atoms with Gasteiger partial charge in [-0.1, -0.05) is 12.1 Å². The van der Waals surface area contributed by atoms with Crippen LogP contribution in [0.1, 0.15) is 18.0 Å². The molecule has 5 nitrogen and oxygen atoms in total. The summed E-state index contributed by atoms with van der Waals surface area (Å²) >= 11 is 1.65. The van der Waals surface area contributed by atoms with E-state index < -0.39 is 12.0 Å². The summed E-state index contributed by atoms with van der Waals surface area (Å²) in [5, 5.41) is 13.5. The minimum Gasteiger partial charge on any atom is -0.480 e. The van der Waals surface area contributed by atoms with Crippen LogP contribution < -0.4 is 5.32 Å². The Labute approximate surface area is 121 Å². The quantitative estimate of drug-likeness (QED) is 0.901. The molecule has 1 fully saturated rings. The van der Waals surface area contributed by atoms with Crippen LogP contribution in [0.15, 0.2) is 24.3 Å². The van der Waals surface area contributed by atoms with Crippen molar-refractivity contribution in [1.82, 2.24) is 15.2 Å². The summed E-state index contributed by atoms with van der Waals surface area (Å²) in [7, 11) is 0. The van der Waals surface area contributed by atoms with Gasteiger partial charge in [0.05, 0.1) is 16.3 Å². The van der Waals surface area contributed by atoms with Gasteiger partial charge in [-0.3, -0.25) is 9.69 Å². The summed E-state index contributed by atoms with van der Waals surface area (Å²) < 4.78 is 1.15. The minimum absolute atomic E-state index is 0.0237. The molecule has 1 aliphatic heterocycles. The number of rotatable bonds is 3. The van der Waals surface area contributed by atoms with Crippen molar-refractivity contribution < 1.29 is 9.90 Å². The number of benzene rings is 1. The van der Waals surface area contributed by atoms with E-state index in [0.29, 0.717) is 6.54 Å². The van der Waals surface area contributed by atoms with Gasteiger partial charge in [-0.2, -0.15) is 0 Å². The number of piperazine rings is 1. The lowest BCUT2D eigenvalue weighted by Gasteiger charge is -2.36. The zero-order valence-electron chi connectivity index (χ0n) is 11.2. The van der Waals surface area contributed by atoms with E-state index in [-0.39, 0.29) is 6.04 Å². The fraction of sp³-hybridized carbons (Fsp3) is 0.429. The van der Waals surface area contributed by atoms with E-state index >= 15 is 0 Å². The van der Waals surface area contributed by atoms with Gasteiger partial charge < -0.3 is 10.4 Å².